The third-order valence-electron chi connectivity index (χ3n) is 5.66. The van der Waals surface area contributed by atoms with E-state index in [0.717, 1.165) is 22.4 Å². The van der Waals surface area contributed by atoms with E-state index in [9.17, 15) is 9.90 Å². The molecule has 1 amide bonds. The number of aromatic hydroxyl groups is 1. The third kappa shape index (κ3) is 6.54. The van der Waals surface area contributed by atoms with Gasteiger partial charge in [-0.3, -0.25) is 14.7 Å². The average molecular weight is 448 g/mol. The van der Waals surface area contributed by atoms with Crippen LogP contribution in [0.25, 0.3) is 0 Å². The third-order valence-corrected chi connectivity index (χ3v) is 5.66. The van der Waals surface area contributed by atoms with Gasteiger partial charge < -0.3 is 19.5 Å². The first kappa shape index (κ1) is 22.8. The van der Waals surface area contributed by atoms with Gasteiger partial charge in [0.15, 0.2) is 0 Å². The topological polar surface area (TPSA) is 75.1 Å². The average Bonchev–Trinajstić information content (AvgIpc) is 2.97. The molecular formula is C26H29N3O4. The summed E-state index contributed by atoms with van der Waals surface area (Å²) >= 11 is 0. The van der Waals surface area contributed by atoms with Crippen LogP contribution < -0.4 is 4.74 Å². The molecule has 172 valence electrons. The lowest BCUT2D eigenvalue weighted by Gasteiger charge is -2.25. The molecule has 7 heteroatoms. The Hall–Kier alpha value is -3.42. The summed E-state index contributed by atoms with van der Waals surface area (Å²) in [5, 5.41) is 9.82. The Morgan fingerprint density at radius 3 is 2.55 bits per heavy atom. The maximum absolute atomic E-state index is 13.2. The fraction of sp³-hybridized carbons (Fsp3) is 0.308. The van der Waals surface area contributed by atoms with Crippen molar-refractivity contribution in [1.82, 2.24) is 14.8 Å². The molecule has 0 spiro atoms. The molecule has 2 aromatic carbocycles. The Balaban J connectivity index is 1.49. The van der Waals surface area contributed by atoms with Gasteiger partial charge in [0.05, 0.1) is 26.4 Å². The maximum atomic E-state index is 13.2. The smallest absolute Gasteiger partial charge is 0.237 e. The number of nitrogens with zero attached hydrogens (tertiary/aromatic N) is 3. The monoisotopic (exact) mass is 447 g/mol. The molecule has 33 heavy (non-hydrogen) atoms. The largest absolute Gasteiger partial charge is 0.508 e. The van der Waals surface area contributed by atoms with Gasteiger partial charge in [0.25, 0.3) is 0 Å². The second kappa shape index (κ2) is 10.9. The van der Waals surface area contributed by atoms with Crippen molar-refractivity contribution in [2.75, 3.05) is 26.7 Å². The Morgan fingerprint density at radius 2 is 1.82 bits per heavy atom. The summed E-state index contributed by atoms with van der Waals surface area (Å²) in [6, 6.07) is 18.8. The predicted molar refractivity (Wildman–Crippen MR) is 125 cm³/mol. The second-order valence-corrected chi connectivity index (χ2v) is 8.26. The summed E-state index contributed by atoms with van der Waals surface area (Å²) in [5.74, 6) is 1.06. The fourth-order valence-electron chi connectivity index (χ4n) is 3.99. The number of ether oxygens (including phenoxy) is 2. The van der Waals surface area contributed by atoms with Gasteiger partial charge in [0.1, 0.15) is 11.5 Å². The second-order valence-electron chi connectivity index (χ2n) is 8.26. The van der Waals surface area contributed by atoms with Gasteiger partial charge in [0, 0.05) is 38.6 Å². The van der Waals surface area contributed by atoms with Crippen LogP contribution in [0.2, 0.25) is 0 Å². The van der Waals surface area contributed by atoms with E-state index < -0.39 is 0 Å². The molecule has 3 aromatic rings. The molecule has 0 saturated carbocycles. The Morgan fingerprint density at radius 1 is 1.00 bits per heavy atom. The fourth-order valence-corrected chi connectivity index (χ4v) is 3.99. The number of aromatic nitrogens is 1. The van der Waals surface area contributed by atoms with Gasteiger partial charge in [-0.15, -0.1) is 0 Å². The highest BCUT2D eigenvalue weighted by Crippen LogP contribution is 2.19. The highest BCUT2D eigenvalue weighted by molar-refractivity contribution is 5.78. The van der Waals surface area contributed by atoms with Crippen LogP contribution in [-0.2, 0) is 29.2 Å². The standard InChI is InChI=1S/C26H29N3O4/c1-32-24-9-7-20(8-10-24)15-29-17-25(33-19-22-5-3-11-27-13-22)16-28(18-26(29)31)14-21-4-2-6-23(30)12-21/h2-13,25,30H,14-19H2,1H3. The minimum atomic E-state index is -0.160. The molecule has 0 radical (unpaired) electrons. The van der Waals surface area contributed by atoms with Crippen LogP contribution in [0.15, 0.2) is 73.1 Å². The Kier molecular flexibility index (Phi) is 7.55. The number of rotatable bonds is 8. The minimum absolute atomic E-state index is 0.0541. The van der Waals surface area contributed by atoms with Gasteiger partial charge in [-0.05, 0) is 47.0 Å². The molecular weight excluding hydrogens is 418 g/mol. The van der Waals surface area contributed by atoms with E-state index in [1.807, 2.05) is 53.4 Å². The van der Waals surface area contributed by atoms with Crippen LogP contribution in [0.3, 0.4) is 0 Å². The molecule has 0 bridgehead atoms. The normalized spacial score (nSPS) is 17.1. The molecule has 1 saturated heterocycles. The molecule has 7 nitrogen and oxygen atoms in total. The van der Waals surface area contributed by atoms with Crippen molar-refractivity contribution in [3.05, 3.63) is 89.7 Å². The summed E-state index contributed by atoms with van der Waals surface area (Å²) in [4.78, 5) is 21.3. The molecule has 1 aliphatic heterocycles. The first-order valence-corrected chi connectivity index (χ1v) is 11.0. The van der Waals surface area contributed by atoms with Crippen LogP contribution >= 0.6 is 0 Å². The zero-order valence-corrected chi connectivity index (χ0v) is 18.8. The number of carbonyl (C=O) groups is 1. The van der Waals surface area contributed by atoms with E-state index in [1.165, 1.54) is 0 Å². The minimum Gasteiger partial charge on any atom is -0.508 e. The van der Waals surface area contributed by atoms with Crippen molar-refractivity contribution in [3.63, 3.8) is 0 Å². The van der Waals surface area contributed by atoms with E-state index >= 15 is 0 Å². The molecule has 1 unspecified atom stereocenters. The van der Waals surface area contributed by atoms with E-state index in [4.69, 9.17) is 9.47 Å². The highest BCUT2D eigenvalue weighted by atomic mass is 16.5. The van der Waals surface area contributed by atoms with Crippen molar-refractivity contribution < 1.29 is 19.4 Å². The molecule has 2 heterocycles. The van der Waals surface area contributed by atoms with Gasteiger partial charge in [-0.2, -0.15) is 0 Å². The highest BCUT2D eigenvalue weighted by Gasteiger charge is 2.28. The number of carbonyl (C=O) groups excluding carboxylic acids is 1. The first-order valence-electron chi connectivity index (χ1n) is 11.0. The Labute approximate surface area is 194 Å². The molecule has 1 N–H and O–H groups in total. The number of pyridine rings is 1. The van der Waals surface area contributed by atoms with Gasteiger partial charge in [-0.25, -0.2) is 0 Å². The van der Waals surface area contributed by atoms with Gasteiger partial charge in [0.2, 0.25) is 5.91 Å². The predicted octanol–water partition coefficient (Wildman–Crippen LogP) is 3.23. The van der Waals surface area contributed by atoms with E-state index in [0.29, 0.717) is 39.3 Å². The molecule has 1 atom stereocenters. The van der Waals surface area contributed by atoms with Gasteiger partial charge >= 0.3 is 0 Å². The summed E-state index contributed by atoms with van der Waals surface area (Å²) in [7, 11) is 1.64. The van der Waals surface area contributed by atoms with Crippen molar-refractivity contribution in [2.45, 2.75) is 25.8 Å². The lowest BCUT2D eigenvalue weighted by molar-refractivity contribution is -0.132. The van der Waals surface area contributed by atoms with Crippen LogP contribution in [0.5, 0.6) is 11.5 Å². The zero-order chi connectivity index (χ0) is 23.0. The number of benzene rings is 2. The maximum Gasteiger partial charge on any atom is 0.237 e. The quantitative estimate of drug-likeness (QED) is 0.572. The molecule has 1 fully saturated rings. The van der Waals surface area contributed by atoms with Crippen molar-refractivity contribution in [3.8, 4) is 11.5 Å². The summed E-state index contributed by atoms with van der Waals surface area (Å²) in [6.45, 7) is 2.91. The van der Waals surface area contributed by atoms with Crippen LogP contribution in [-0.4, -0.2) is 58.6 Å². The number of hydrogen-bond acceptors (Lipinski definition) is 6. The van der Waals surface area contributed by atoms with E-state index in [-0.39, 0.29) is 17.8 Å². The first-order chi connectivity index (χ1) is 16.1. The summed E-state index contributed by atoms with van der Waals surface area (Å²) < 4.78 is 11.5. The lowest BCUT2D eigenvalue weighted by atomic mass is 10.2. The SMILES string of the molecule is COc1ccc(CN2CC(OCc3cccnc3)CN(Cc3cccc(O)c3)CC2=O)cc1. The van der Waals surface area contributed by atoms with Crippen molar-refractivity contribution in [2.24, 2.45) is 0 Å². The van der Waals surface area contributed by atoms with E-state index in [2.05, 4.69) is 9.88 Å². The van der Waals surface area contributed by atoms with Crippen molar-refractivity contribution >= 4 is 5.91 Å². The van der Waals surface area contributed by atoms with Gasteiger partial charge in [-0.1, -0.05) is 30.3 Å². The molecule has 1 aliphatic rings. The molecule has 1 aromatic heterocycles. The summed E-state index contributed by atoms with van der Waals surface area (Å²) in [5.41, 5.74) is 2.99. The van der Waals surface area contributed by atoms with Crippen molar-refractivity contribution in [1.29, 1.82) is 0 Å². The zero-order valence-electron chi connectivity index (χ0n) is 18.8. The van der Waals surface area contributed by atoms with E-state index in [1.54, 1.807) is 31.6 Å². The van der Waals surface area contributed by atoms with Crippen LogP contribution in [0, 0.1) is 0 Å². The van der Waals surface area contributed by atoms with Crippen LogP contribution in [0.1, 0.15) is 16.7 Å². The lowest BCUT2D eigenvalue weighted by Crippen LogP contribution is -2.37. The number of methoxy groups -OCH3 is 1. The number of amides is 1. The van der Waals surface area contributed by atoms with Crippen LogP contribution in [0.4, 0.5) is 0 Å². The number of hydrogen-bond donors (Lipinski definition) is 1. The number of phenolic OH excluding ortho intramolecular Hbond substituents is 1. The number of phenols is 1. The molecule has 0 aliphatic carbocycles. The summed E-state index contributed by atoms with van der Waals surface area (Å²) in [6.07, 6.45) is 3.37. The molecule has 4 rings (SSSR count). The Bertz CT molecular complexity index is 1040.